The number of carbonyl (C=O) groups is 1. The average molecular weight is 367 g/mol. The molecule has 0 fully saturated rings. The molecule has 1 heterocycles. The monoisotopic (exact) mass is 366 g/mol. The van der Waals surface area contributed by atoms with Crippen molar-refractivity contribution in [3.05, 3.63) is 22.8 Å². The lowest BCUT2D eigenvalue weighted by atomic mass is 9.88. The number of amides is 1. The minimum Gasteiger partial charge on any atom is -0.368 e. The van der Waals surface area contributed by atoms with Crippen LogP contribution >= 0.6 is 11.6 Å². The summed E-state index contributed by atoms with van der Waals surface area (Å²) in [5, 5.41) is 5.47. The first-order valence-electron chi connectivity index (χ1n) is 7.47. The van der Waals surface area contributed by atoms with Gasteiger partial charge in [-0.15, -0.1) is 0 Å². The second-order valence-electron chi connectivity index (χ2n) is 6.05. The van der Waals surface area contributed by atoms with Gasteiger partial charge in [-0.1, -0.05) is 25.4 Å². The van der Waals surface area contributed by atoms with E-state index in [2.05, 4.69) is 15.6 Å². The Bertz CT molecular complexity index is 580. The van der Waals surface area contributed by atoms with Gasteiger partial charge in [-0.3, -0.25) is 4.79 Å². The van der Waals surface area contributed by atoms with E-state index in [1.807, 2.05) is 20.8 Å². The summed E-state index contributed by atoms with van der Waals surface area (Å²) in [6.45, 7) is 6.25. The van der Waals surface area contributed by atoms with Gasteiger partial charge in [0.15, 0.2) is 0 Å². The summed E-state index contributed by atoms with van der Waals surface area (Å²) in [6, 6.07) is 0.793. The highest BCUT2D eigenvalue weighted by Crippen LogP contribution is 2.32. The molecule has 0 aliphatic rings. The average Bonchev–Trinajstić information content (AvgIpc) is 2.47. The van der Waals surface area contributed by atoms with Gasteiger partial charge < -0.3 is 16.4 Å². The van der Waals surface area contributed by atoms with Gasteiger partial charge in [-0.05, 0) is 18.9 Å². The van der Waals surface area contributed by atoms with Crippen LogP contribution in [0, 0.1) is 5.92 Å². The molecule has 0 aromatic carbocycles. The summed E-state index contributed by atoms with van der Waals surface area (Å²) in [5.74, 6) is 0.0422. The maximum atomic E-state index is 12.5. The third-order valence-electron chi connectivity index (χ3n) is 3.94. The predicted molar refractivity (Wildman–Crippen MR) is 87.8 cm³/mol. The minimum atomic E-state index is -4.50. The quantitative estimate of drug-likeness (QED) is 0.693. The third kappa shape index (κ3) is 5.52. The van der Waals surface area contributed by atoms with Crippen molar-refractivity contribution in [2.75, 3.05) is 18.4 Å². The number of nitrogens with two attached hydrogens (primary N) is 1. The topological polar surface area (TPSA) is 80.0 Å². The Morgan fingerprint density at radius 3 is 2.50 bits per heavy atom. The Labute approximate surface area is 144 Å². The molecule has 0 saturated carbocycles. The van der Waals surface area contributed by atoms with E-state index in [9.17, 15) is 18.0 Å². The molecule has 4 N–H and O–H groups in total. The van der Waals surface area contributed by atoms with E-state index < -0.39 is 17.3 Å². The summed E-state index contributed by atoms with van der Waals surface area (Å²) in [7, 11) is 0. The minimum absolute atomic E-state index is 0.0999. The number of nitrogens with one attached hydrogen (secondary N) is 2. The smallest absolute Gasteiger partial charge is 0.368 e. The number of nitrogens with zero attached hydrogens (tertiary/aromatic N) is 1. The number of pyridine rings is 1. The van der Waals surface area contributed by atoms with Crippen LogP contribution in [0.5, 0.6) is 0 Å². The van der Waals surface area contributed by atoms with Gasteiger partial charge in [0.25, 0.3) is 0 Å². The standard InChI is InChI=1S/C15H22ClF3N4O/c1-9(2)14(3,8-20)23-12(24)4-5-21-13-11(16)6-10(7-22-13)15(17,18)19/h6-7,9H,4-5,8,20H2,1-3H3,(H,21,22)(H,23,24). The zero-order valence-corrected chi connectivity index (χ0v) is 14.6. The number of aromatic nitrogens is 1. The maximum Gasteiger partial charge on any atom is 0.417 e. The third-order valence-corrected chi connectivity index (χ3v) is 4.22. The molecule has 1 unspecified atom stereocenters. The largest absolute Gasteiger partial charge is 0.417 e. The molecule has 0 radical (unpaired) electrons. The molecular formula is C15H22ClF3N4O. The first-order chi connectivity index (χ1) is 11.0. The lowest BCUT2D eigenvalue weighted by Crippen LogP contribution is -2.55. The van der Waals surface area contributed by atoms with E-state index in [0.717, 1.165) is 6.07 Å². The van der Waals surface area contributed by atoms with Gasteiger partial charge in [0.05, 0.1) is 16.1 Å². The zero-order chi connectivity index (χ0) is 18.5. The number of carbonyl (C=O) groups excluding carboxylic acids is 1. The van der Waals surface area contributed by atoms with Crippen LogP contribution in [-0.4, -0.2) is 29.5 Å². The maximum absolute atomic E-state index is 12.5. The van der Waals surface area contributed by atoms with E-state index in [0.29, 0.717) is 12.7 Å². The zero-order valence-electron chi connectivity index (χ0n) is 13.8. The lowest BCUT2D eigenvalue weighted by molar-refractivity contribution is -0.137. The summed E-state index contributed by atoms with van der Waals surface area (Å²) < 4.78 is 37.6. The van der Waals surface area contributed by atoms with Crippen molar-refractivity contribution >= 4 is 23.3 Å². The molecule has 1 rings (SSSR count). The number of alkyl halides is 3. The van der Waals surface area contributed by atoms with E-state index in [-0.39, 0.29) is 35.6 Å². The summed E-state index contributed by atoms with van der Waals surface area (Å²) in [6.07, 6.45) is -3.70. The van der Waals surface area contributed by atoms with Gasteiger partial charge in [-0.2, -0.15) is 13.2 Å². The number of hydrogen-bond acceptors (Lipinski definition) is 4. The lowest BCUT2D eigenvalue weighted by Gasteiger charge is -2.33. The molecule has 0 saturated heterocycles. The molecule has 0 bridgehead atoms. The first-order valence-corrected chi connectivity index (χ1v) is 7.85. The number of anilines is 1. The van der Waals surface area contributed by atoms with Crippen molar-refractivity contribution in [3.8, 4) is 0 Å². The van der Waals surface area contributed by atoms with Gasteiger partial charge in [0.2, 0.25) is 5.91 Å². The molecule has 1 amide bonds. The molecule has 0 aliphatic carbocycles. The van der Waals surface area contributed by atoms with Gasteiger partial charge >= 0.3 is 6.18 Å². The van der Waals surface area contributed by atoms with Crippen molar-refractivity contribution in [1.82, 2.24) is 10.3 Å². The van der Waals surface area contributed by atoms with Crippen molar-refractivity contribution in [3.63, 3.8) is 0 Å². The SMILES string of the molecule is CC(C)C(C)(CN)NC(=O)CCNc1ncc(C(F)(F)F)cc1Cl. The Morgan fingerprint density at radius 1 is 1.42 bits per heavy atom. The van der Waals surface area contributed by atoms with Crippen LogP contribution < -0.4 is 16.4 Å². The van der Waals surface area contributed by atoms with Crippen molar-refractivity contribution in [1.29, 1.82) is 0 Å². The molecule has 1 aromatic rings. The Morgan fingerprint density at radius 2 is 2.04 bits per heavy atom. The predicted octanol–water partition coefficient (Wildman–Crippen LogP) is 3.05. The van der Waals surface area contributed by atoms with Crippen molar-refractivity contribution in [2.45, 2.75) is 38.9 Å². The first kappa shape index (κ1) is 20.5. The highest BCUT2D eigenvalue weighted by molar-refractivity contribution is 6.32. The molecule has 0 aliphatic heterocycles. The fraction of sp³-hybridized carbons (Fsp3) is 0.600. The Kier molecular flexibility index (Phi) is 6.86. The summed E-state index contributed by atoms with van der Waals surface area (Å²) in [5.41, 5.74) is 4.26. The normalized spacial score (nSPS) is 14.4. The second-order valence-corrected chi connectivity index (χ2v) is 6.46. The highest BCUT2D eigenvalue weighted by Gasteiger charge is 2.31. The van der Waals surface area contributed by atoms with Crippen LogP contribution in [0.15, 0.2) is 12.3 Å². The number of rotatable bonds is 7. The van der Waals surface area contributed by atoms with Gasteiger partial charge in [0, 0.05) is 25.7 Å². The number of halogens is 4. The number of hydrogen-bond donors (Lipinski definition) is 3. The second kappa shape index (κ2) is 8.02. The van der Waals surface area contributed by atoms with Crippen LogP contribution in [0.3, 0.4) is 0 Å². The molecule has 9 heteroatoms. The van der Waals surface area contributed by atoms with E-state index in [1.165, 1.54) is 0 Å². The summed E-state index contributed by atoms with van der Waals surface area (Å²) >= 11 is 5.78. The molecule has 1 aromatic heterocycles. The van der Waals surface area contributed by atoms with Crippen LogP contribution in [0.4, 0.5) is 19.0 Å². The Balaban J connectivity index is 2.58. The van der Waals surface area contributed by atoms with Crippen LogP contribution in [-0.2, 0) is 11.0 Å². The molecule has 136 valence electrons. The van der Waals surface area contributed by atoms with E-state index in [4.69, 9.17) is 17.3 Å². The van der Waals surface area contributed by atoms with Crippen molar-refractivity contribution < 1.29 is 18.0 Å². The van der Waals surface area contributed by atoms with E-state index >= 15 is 0 Å². The van der Waals surface area contributed by atoms with Crippen LogP contribution in [0.2, 0.25) is 5.02 Å². The van der Waals surface area contributed by atoms with Crippen LogP contribution in [0.25, 0.3) is 0 Å². The molecular weight excluding hydrogens is 345 g/mol. The van der Waals surface area contributed by atoms with Gasteiger partial charge in [0.1, 0.15) is 5.82 Å². The Hall–Kier alpha value is -1.54. The molecule has 5 nitrogen and oxygen atoms in total. The molecule has 1 atom stereocenters. The van der Waals surface area contributed by atoms with E-state index in [1.54, 1.807) is 0 Å². The fourth-order valence-corrected chi connectivity index (χ4v) is 2.06. The molecule has 24 heavy (non-hydrogen) atoms. The van der Waals surface area contributed by atoms with Crippen molar-refractivity contribution in [2.24, 2.45) is 11.7 Å². The van der Waals surface area contributed by atoms with Crippen LogP contribution in [0.1, 0.15) is 32.8 Å². The highest BCUT2D eigenvalue weighted by atomic mass is 35.5. The summed E-state index contributed by atoms with van der Waals surface area (Å²) in [4.78, 5) is 15.6. The fourth-order valence-electron chi connectivity index (χ4n) is 1.83. The van der Waals surface area contributed by atoms with Gasteiger partial charge in [-0.25, -0.2) is 4.98 Å². The molecule has 0 spiro atoms.